The Bertz CT molecular complexity index is 387. The highest BCUT2D eigenvalue weighted by molar-refractivity contribution is 5.82. The molecule has 0 saturated carbocycles. The molecule has 4 N–H and O–H groups in total. The molecule has 1 aromatic carbocycles. The van der Waals surface area contributed by atoms with E-state index in [1.54, 1.807) is 12.1 Å². The van der Waals surface area contributed by atoms with Crippen molar-refractivity contribution in [2.45, 2.75) is 13.5 Å². The topological polar surface area (TPSA) is 89.4 Å². The number of anilines is 1. The molecular weight excluding hydrogens is 206 g/mol. The minimum atomic E-state index is -0.523. The van der Waals surface area contributed by atoms with Crippen molar-refractivity contribution in [1.29, 1.82) is 0 Å². The lowest BCUT2D eigenvalue weighted by Gasteiger charge is -2.19. The van der Waals surface area contributed by atoms with Crippen LogP contribution in [0.1, 0.15) is 12.5 Å². The number of carbonyl (C=O) groups excluding carboxylic acids is 2. The van der Waals surface area contributed by atoms with Crippen LogP contribution in [0.2, 0.25) is 0 Å². The number of amides is 2. The van der Waals surface area contributed by atoms with E-state index in [0.717, 1.165) is 5.56 Å². The molecule has 0 aromatic heterocycles. The zero-order valence-corrected chi connectivity index (χ0v) is 9.14. The summed E-state index contributed by atoms with van der Waals surface area (Å²) in [6.07, 6.45) is 0. The molecule has 0 atom stereocenters. The van der Waals surface area contributed by atoms with Crippen molar-refractivity contribution in [1.82, 2.24) is 4.90 Å². The molecule has 0 spiro atoms. The Morgan fingerprint density at radius 1 is 1.25 bits per heavy atom. The molecule has 16 heavy (non-hydrogen) atoms. The van der Waals surface area contributed by atoms with E-state index in [1.807, 2.05) is 12.1 Å². The summed E-state index contributed by atoms with van der Waals surface area (Å²) in [6, 6.07) is 7.12. The summed E-state index contributed by atoms with van der Waals surface area (Å²) in [6.45, 7) is 1.69. The van der Waals surface area contributed by atoms with Crippen LogP contribution in [0.25, 0.3) is 0 Å². The van der Waals surface area contributed by atoms with E-state index < -0.39 is 5.91 Å². The fraction of sp³-hybridized carbons (Fsp3) is 0.273. The van der Waals surface area contributed by atoms with Gasteiger partial charge in [-0.25, -0.2) is 0 Å². The van der Waals surface area contributed by atoms with Gasteiger partial charge < -0.3 is 16.4 Å². The summed E-state index contributed by atoms with van der Waals surface area (Å²) in [5.74, 6) is -0.707. The maximum atomic E-state index is 11.2. The Hall–Kier alpha value is -2.04. The molecule has 5 heteroatoms. The van der Waals surface area contributed by atoms with E-state index >= 15 is 0 Å². The summed E-state index contributed by atoms with van der Waals surface area (Å²) in [5, 5.41) is 0. The third-order valence-electron chi connectivity index (χ3n) is 2.15. The molecule has 2 amide bonds. The number of rotatable bonds is 4. The van der Waals surface area contributed by atoms with Crippen LogP contribution in [-0.2, 0) is 16.1 Å². The van der Waals surface area contributed by atoms with Crippen LogP contribution in [0.5, 0.6) is 0 Å². The van der Waals surface area contributed by atoms with Crippen molar-refractivity contribution >= 4 is 17.5 Å². The van der Waals surface area contributed by atoms with Gasteiger partial charge in [-0.3, -0.25) is 9.59 Å². The van der Waals surface area contributed by atoms with Crippen molar-refractivity contribution in [2.75, 3.05) is 12.3 Å². The Morgan fingerprint density at radius 2 is 1.81 bits per heavy atom. The molecule has 1 aromatic rings. The van der Waals surface area contributed by atoms with Gasteiger partial charge in [-0.15, -0.1) is 0 Å². The molecule has 0 radical (unpaired) electrons. The summed E-state index contributed by atoms with van der Waals surface area (Å²) in [5.41, 5.74) is 12.2. The van der Waals surface area contributed by atoms with E-state index in [9.17, 15) is 9.59 Å². The first-order valence-corrected chi connectivity index (χ1v) is 4.87. The van der Waals surface area contributed by atoms with Crippen LogP contribution in [0, 0.1) is 0 Å². The molecule has 1 rings (SSSR count). The van der Waals surface area contributed by atoms with Crippen LogP contribution >= 0.6 is 0 Å². The molecule has 0 bridgehead atoms. The second kappa shape index (κ2) is 5.16. The van der Waals surface area contributed by atoms with E-state index in [1.165, 1.54) is 11.8 Å². The first-order valence-electron chi connectivity index (χ1n) is 4.87. The zero-order valence-electron chi connectivity index (χ0n) is 9.14. The standard InChI is InChI=1S/C11H15N3O2/c1-8(15)14(7-11(13)16)6-9-2-4-10(12)5-3-9/h2-5H,6-7,12H2,1H3,(H2,13,16). The average Bonchev–Trinajstić information content (AvgIpc) is 2.19. The first-order chi connectivity index (χ1) is 7.49. The molecule has 0 unspecified atom stereocenters. The maximum absolute atomic E-state index is 11.2. The number of nitrogen functional groups attached to an aromatic ring is 1. The SMILES string of the molecule is CC(=O)N(CC(N)=O)Cc1ccc(N)cc1. The molecule has 0 aliphatic carbocycles. The lowest BCUT2D eigenvalue weighted by atomic mass is 10.2. The third kappa shape index (κ3) is 3.61. The van der Waals surface area contributed by atoms with Gasteiger partial charge in [0.25, 0.3) is 0 Å². The molecule has 5 nitrogen and oxygen atoms in total. The highest BCUT2D eigenvalue weighted by atomic mass is 16.2. The van der Waals surface area contributed by atoms with Crippen LogP contribution < -0.4 is 11.5 Å². The molecular formula is C11H15N3O2. The fourth-order valence-corrected chi connectivity index (χ4v) is 1.31. The number of hydrogen-bond donors (Lipinski definition) is 2. The number of nitrogens with zero attached hydrogens (tertiary/aromatic N) is 1. The highest BCUT2D eigenvalue weighted by Gasteiger charge is 2.11. The largest absolute Gasteiger partial charge is 0.399 e. The van der Waals surface area contributed by atoms with Gasteiger partial charge >= 0.3 is 0 Å². The second-order valence-corrected chi connectivity index (χ2v) is 3.58. The van der Waals surface area contributed by atoms with Crippen molar-refractivity contribution in [3.8, 4) is 0 Å². The van der Waals surface area contributed by atoms with Gasteiger partial charge in [0.05, 0.1) is 6.54 Å². The van der Waals surface area contributed by atoms with Gasteiger partial charge in [0.2, 0.25) is 11.8 Å². The maximum Gasteiger partial charge on any atom is 0.237 e. The van der Waals surface area contributed by atoms with E-state index in [-0.39, 0.29) is 12.5 Å². The predicted molar refractivity (Wildman–Crippen MR) is 61.1 cm³/mol. The van der Waals surface area contributed by atoms with Crippen LogP contribution in [-0.4, -0.2) is 23.3 Å². The van der Waals surface area contributed by atoms with E-state index in [4.69, 9.17) is 11.5 Å². The van der Waals surface area contributed by atoms with Gasteiger partial charge in [0, 0.05) is 19.2 Å². The normalized spacial score (nSPS) is 9.81. The van der Waals surface area contributed by atoms with Crippen molar-refractivity contribution in [3.63, 3.8) is 0 Å². The van der Waals surface area contributed by atoms with Crippen LogP contribution in [0.3, 0.4) is 0 Å². The molecule has 0 saturated heterocycles. The van der Waals surface area contributed by atoms with E-state index in [2.05, 4.69) is 0 Å². The number of primary amides is 1. The summed E-state index contributed by atoms with van der Waals surface area (Å²) in [4.78, 5) is 23.4. The quantitative estimate of drug-likeness (QED) is 0.707. The number of hydrogen-bond acceptors (Lipinski definition) is 3. The zero-order chi connectivity index (χ0) is 12.1. The fourth-order valence-electron chi connectivity index (χ4n) is 1.31. The minimum Gasteiger partial charge on any atom is -0.399 e. The van der Waals surface area contributed by atoms with Crippen LogP contribution in [0.15, 0.2) is 24.3 Å². The van der Waals surface area contributed by atoms with Gasteiger partial charge in [-0.2, -0.15) is 0 Å². The van der Waals surface area contributed by atoms with Crippen molar-refractivity contribution in [2.24, 2.45) is 5.73 Å². The van der Waals surface area contributed by atoms with Crippen molar-refractivity contribution < 1.29 is 9.59 Å². The number of nitrogens with two attached hydrogens (primary N) is 2. The summed E-state index contributed by atoms with van der Waals surface area (Å²) in [7, 11) is 0. The van der Waals surface area contributed by atoms with Gasteiger partial charge in [0.1, 0.15) is 0 Å². The van der Waals surface area contributed by atoms with Gasteiger partial charge in [0.15, 0.2) is 0 Å². The smallest absolute Gasteiger partial charge is 0.237 e. The Kier molecular flexibility index (Phi) is 3.88. The third-order valence-corrected chi connectivity index (χ3v) is 2.15. The molecule has 0 aliphatic rings. The Balaban J connectivity index is 2.71. The van der Waals surface area contributed by atoms with Gasteiger partial charge in [-0.1, -0.05) is 12.1 Å². The molecule has 86 valence electrons. The Morgan fingerprint density at radius 3 is 2.25 bits per heavy atom. The second-order valence-electron chi connectivity index (χ2n) is 3.58. The summed E-state index contributed by atoms with van der Waals surface area (Å²) >= 11 is 0. The highest BCUT2D eigenvalue weighted by Crippen LogP contribution is 2.08. The van der Waals surface area contributed by atoms with Crippen LogP contribution in [0.4, 0.5) is 5.69 Å². The summed E-state index contributed by atoms with van der Waals surface area (Å²) < 4.78 is 0. The molecule has 0 fully saturated rings. The number of benzene rings is 1. The molecule has 0 heterocycles. The lowest BCUT2D eigenvalue weighted by Crippen LogP contribution is -2.36. The minimum absolute atomic E-state index is 0.0697. The average molecular weight is 221 g/mol. The van der Waals surface area contributed by atoms with Crippen molar-refractivity contribution in [3.05, 3.63) is 29.8 Å². The van der Waals surface area contributed by atoms with E-state index in [0.29, 0.717) is 12.2 Å². The monoisotopic (exact) mass is 221 g/mol. The first kappa shape index (κ1) is 12.0. The number of carbonyl (C=O) groups is 2. The van der Waals surface area contributed by atoms with Gasteiger partial charge in [-0.05, 0) is 17.7 Å². The molecule has 0 aliphatic heterocycles. The predicted octanol–water partition coefficient (Wildman–Crippen LogP) is 0.103. The lowest BCUT2D eigenvalue weighted by molar-refractivity contribution is -0.133. The Labute approximate surface area is 94.0 Å².